The summed E-state index contributed by atoms with van der Waals surface area (Å²) in [6.07, 6.45) is 5.76. The van der Waals surface area contributed by atoms with E-state index in [1.807, 2.05) is 24.3 Å². The molecule has 1 aliphatic rings. The van der Waals surface area contributed by atoms with Crippen LogP contribution in [0.25, 0.3) is 0 Å². The highest BCUT2D eigenvalue weighted by molar-refractivity contribution is 6.44. The molecule has 2 amide bonds. The van der Waals surface area contributed by atoms with Crippen LogP contribution in [0.5, 0.6) is 5.75 Å². The zero-order chi connectivity index (χ0) is 24.5. The third-order valence-corrected chi connectivity index (χ3v) is 7.09. The number of amides is 2. The van der Waals surface area contributed by atoms with E-state index in [2.05, 4.69) is 16.0 Å². The monoisotopic (exact) mass is 541 g/mol. The van der Waals surface area contributed by atoms with Gasteiger partial charge in [-0.05, 0) is 73.8 Å². The molecule has 2 unspecified atom stereocenters. The van der Waals surface area contributed by atoms with Crippen molar-refractivity contribution >= 4 is 52.4 Å². The van der Waals surface area contributed by atoms with Crippen molar-refractivity contribution in [3.63, 3.8) is 0 Å². The number of hydrogen-bond acceptors (Lipinski definition) is 3. The molecule has 0 fully saturated rings. The topological polar surface area (TPSA) is 73.4 Å². The van der Waals surface area contributed by atoms with E-state index in [4.69, 9.17) is 46.4 Å². The van der Waals surface area contributed by atoms with Crippen molar-refractivity contribution in [2.45, 2.75) is 31.2 Å². The molecule has 1 aliphatic carbocycles. The van der Waals surface area contributed by atoms with Gasteiger partial charge in [-0.25, -0.2) is 4.79 Å². The van der Waals surface area contributed by atoms with Gasteiger partial charge in [0.15, 0.2) is 0 Å². The summed E-state index contributed by atoms with van der Waals surface area (Å²) in [5, 5.41) is 20.6. The number of urea groups is 1. The molecule has 0 spiro atoms. The van der Waals surface area contributed by atoms with Crippen LogP contribution in [0.3, 0.4) is 0 Å². The molecule has 2 atom stereocenters. The number of aromatic hydroxyl groups is 1. The quantitative estimate of drug-likeness (QED) is 0.265. The Kier molecular flexibility index (Phi) is 10.4. The number of hydrogen-bond donors (Lipinski definition) is 4. The van der Waals surface area contributed by atoms with Gasteiger partial charge < -0.3 is 21.1 Å². The number of allylic oxidation sites excluding steroid dienone is 2. The minimum atomic E-state index is -0.275. The number of carbonyl (C=O) groups is 1. The van der Waals surface area contributed by atoms with E-state index in [1.54, 1.807) is 30.4 Å². The van der Waals surface area contributed by atoms with Gasteiger partial charge in [-0.2, -0.15) is 0 Å². The van der Waals surface area contributed by atoms with Gasteiger partial charge in [0.2, 0.25) is 0 Å². The highest BCUT2D eigenvalue weighted by Crippen LogP contribution is 2.28. The van der Waals surface area contributed by atoms with Crippen LogP contribution in [-0.4, -0.2) is 36.8 Å². The first kappa shape index (κ1) is 26.7. The van der Waals surface area contributed by atoms with Gasteiger partial charge >= 0.3 is 6.03 Å². The van der Waals surface area contributed by atoms with Crippen molar-refractivity contribution in [3.8, 4) is 5.75 Å². The average molecular weight is 543 g/mol. The number of phenolic OH excluding ortho intramolecular Hbond substituents is 1. The van der Waals surface area contributed by atoms with Gasteiger partial charge in [-0.15, -0.1) is 0 Å². The first-order chi connectivity index (χ1) is 16.3. The van der Waals surface area contributed by atoms with Crippen LogP contribution in [0.15, 0.2) is 64.7 Å². The fourth-order valence-electron chi connectivity index (χ4n) is 3.64. The Morgan fingerprint density at radius 2 is 1.76 bits per heavy atom. The zero-order valence-corrected chi connectivity index (χ0v) is 21.5. The lowest BCUT2D eigenvalue weighted by molar-refractivity contribution is 0.238. The first-order valence-electron chi connectivity index (χ1n) is 11.0. The lowest BCUT2D eigenvalue weighted by Gasteiger charge is -2.22. The molecule has 0 saturated carbocycles. The van der Waals surface area contributed by atoms with Crippen molar-refractivity contribution in [2.75, 3.05) is 19.6 Å². The fraction of sp³-hybridized carbons (Fsp3) is 0.320. The Labute approximate surface area is 220 Å². The number of halogens is 4. The second-order valence-corrected chi connectivity index (χ2v) is 9.72. The molecule has 34 heavy (non-hydrogen) atoms. The molecular formula is C25H27Cl4N3O2. The molecule has 0 aliphatic heterocycles. The molecule has 182 valence electrons. The highest BCUT2D eigenvalue weighted by atomic mass is 35.5. The number of phenols is 1. The second kappa shape index (κ2) is 13.3. The van der Waals surface area contributed by atoms with Crippen LogP contribution in [-0.2, 0) is 6.42 Å². The smallest absolute Gasteiger partial charge is 0.315 e. The van der Waals surface area contributed by atoms with Gasteiger partial charge in [0.05, 0.1) is 26.2 Å². The maximum Gasteiger partial charge on any atom is 0.315 e. The molecule has 0 bridgehead atoms. The van der Waals surface area contributed by atoms with Crippen molar-refractivity contribution in [3.05, 3.63) is 85.9 Å². The number of carbonyl (C=O) groups excluding carboxylic acids is 1. The Hall–Kier alpha value is -1.89. The Morgan fingerprint density at radius 1 is 1.00 bits per heavy atom. The minimum Gasteiger partial charge on any atom is -0.508 e. The number of benzene rings is 2. The maximum atomic E-state index is 12.5. The summed E-state index contributed by atoms with van der Waals surface area (Å²) < 4.78 is 0. The highest BCUT2D eigenvalue weighted by Gasteiger charge is 2.18. The predicted octanol–water partition coefficient (Wildman–Crippen LogP) is 6.32. The van der Waals surface area contributed by atoms with Crippen molar-refractivity contribution in [2.24, 2.45) is 0 Å². The fourth-order valence-corrected chi connectivity index (χ4v) is 4.33. The van der Waals surface area contributed by atoms with Gasteiger partial charge in [-0.3, -0.25) is 0 Å². The summed E-state index contributed by atoms with van der Waals surface area (Å²) in [5.41, 5.74) is 2.16. The van der Waals surface area contributed by atoms with Crippen LogP contribution >= 0.6 is 46.4 Å². The summed E-state index contributed by atoms with van der Waals surface area (Å²) in [7, 11) is 0. The van der Waals surface area contributed by atoms with E-state index >= 15 is 0 Å². The Bertz CT molecular complexity index is 1040. The SMILES string of the molecule is O=C(NCC(CCNCCc1ccc(O)cc1)c1ccc(Cl)c(Cl)c1)NC1C=C(Cl)C(Cl)=CC1. The number of nitrogens with one attached hydrogen (secondary N) is 3. The van der Waals surface area contributed by atoms with Gasteiger partial charge in [-0.1, -0.05) is 70.7 Å². The van der Waals surface area contributed by atoms with Crippen LogP contribution in [0, 0.1) is 0 Å². The van der Waals surface area contributed by atoms with E-state index in [0.717, 1.165) is 37.1 Å². The standard InChI is InChI=1S/C25H27Cl4N3O2/c26-21-7-3-17(13-23(21)28)18(10-12-30-11-9-16-1-5-20(33)6-2-16)15-31-25(34)32-19-4-8-22(27)24(29)14-19/h1-3,5-8,13-14,18-19,30,33H,4,9-12,15H2,(H2,31,32,34). The summed E-state index contributed by atoms with van der Waals surface area (Å²) in [5.74, 6) is 0.307. The molecular weight excluding hydrogens is 516 g/mol. The minimum absolute atomic E-state index is 0.0431. The second-order valence-electron chi connectivity index (χ2n) is 8.09. The largest absolute Gasteiger partial charge is 0.508 e. The van der Waals surface area contributed by atoms with E-state index in [1.165, 1.54) is 0 Å². The molecule has 0 saturated heterocycles. The zero-order valence-electron chi connectivity index (χ0n) is 18.5. The normalized spacial score (nSPS) is 16.4. The Balaban J connectivity index is 1.51. The average Bonchev–Trinajstić information content (AvgIpc) is 2.81. The third-order valence-electron chi connectivity index (χ3n) is 5.56. The lowest BCUT2D eigenvalue weighted by Crippen LogP contribution is -2.43. The van der Waals surface area contributed by atoms with E-state index in [0.29, 0.717) is 33.1 Å². The predicted molar refractivity (Wildman–Crippen MR) is 141 cm³/mol. The van der Waals surface area contributed by atoms with E-state index < -0.39 is 0 Å². The molecule has 3 rings (SSSR count). The number of rotatable bonds is 10. The molecule has 2 aromatic carbocycles. The molecule has 4 N–H and O–H groups in total. The van der Waals surface area contributed by atoms with E-state index in [9.17, 15) is 9.90 Å². The summed E-state index contributed by atoms with van der Waals surface area (Å²) in [4.78, 5) is 12.5. The third kappa shape index (κ3) is 8.40. The summed E-state index contributed by atoms with van der Waals surface area (Å²) >= 11 is 24.4. The van der Waals surface area contributed by atoms with Crippen molar-refractivity contribution < 1.29 is 9.90 Å². The molecule has 5 nitrogen and oxygen atoms in total. The van der Waals surface area contributed by atoms with Gasteiger partial charge in [0, 0.05) is 12.5 Å². The van der Waals surface area contributed by atoms with Crippen molar-refractivity contribution in [1.29, 1.82) is 0 Å². The molecule has 0 radical (unpaired) electrons. The van der Waals surface area contributed by atoms with Crippen LogP contribution in [0.2, 0.25) is 10.0 Å². The molecule has 2 aromatic rings. The molecule has 0 heterocycles. The molecule has 9 heteroatoms. The summed E-state index contributed by atoms with van der Waals surface area (Å²) in [6, 6.07) is 12.3. The lowest BCUT2D eigenvalue weighted by atomic mass is 9.95. The van der Waals surface area contributed by atoms with E-state index in [-0.39, 0.29) is 23.7 Å². The van der Waals surface area contributed by atoms with Gasteiger partial charge in [0.25, 0.3) is 0 Å². The van der Waals surface area contributed by atoms with Crippen LogP contribution in [0.1, 0.15) is 29.9 Å². The van der Waals surface area contributed by atoms with Crippen molar-refractivity contribution in [1.82, 2.24) is 16.0 Å². The van der Waals surface area contributed by atoms with Crippen LogP contribution < -0.4 is 16.0 Å². The Morgan fingerprint density at radius 3 is 2.47 bits per heavy atom. The molecule has 0 aromatic heterocycles. The van der Waals surface area contributed by atoms with Gasteiger partial charge in [0.1, 0.15) is 5.75 Å². The maximum absolute atomic E-state index is 12.5. The first-order valence-corrected chi connectivity index (χ1v) is 12.5. The van der Waals surface area contributed by atoms with Crippen LogP contribution in [0.4, 0.5) is 4.79 Å². The summed E-state index contributed by atoms with van der Waals surface area (Å²) in [6.45, 7) is 2.00.